The Morgan fingerprint density at radius 2 is 2.19 bits per heavy atom. The van der Waals surface area contributed by atoms with E-state index in [4.69, 9.17) is 9.15 Å². The second kappa shape index (κ2) is 6.91. The number of carbonyl (C=O) groups excluding carboxylic acids is 1. The van der Waals surface area contributed by atoms with Crippen LogP contribution in [0, 0.1) is 6.92 Å². The highest BCUT2D eigenvalue weighted by Gasteiger charge is 2.15. The molecular formula is C16H18BrNO3. The predicted octanol–water partition coefficient (Wildman–Crippen LogP) is 3.99. The van der Waals surface area contributed by atoms with Gasteiger partial charge in [0.25, 0.3) is 0 Å². The first-order valence-corrected chi connectivity index (χ1v) is 7.47. The summed E-state index contributed by atoms with van der Waals surface area (Å²) in [5.41, 5.74) is 1.66. The van der Waals surface area contributed by atoms with Gasteiger partial charge < -0.3 is 14.5 Å². The maximum absolute atomic E-state index is 11.5. The second-order valence-corrected chi connectivity index (χ2v) is 5.75. The zero-order valence-corrected chi connectivity index (χ0v) is 13.9. The van der Waals surface area contributed by atoms with Gasteiger partial charge in [-0.3, -0.25) is 0 Å². The van der Waals surface area contributed by atoms with Gasteiger partial charge in [-0.15, -0.1) is 0 Å². The van der Waals surface area contributed by atoms with E-state index in [-0.39, 0.29) is 12.0 Å². The van der Waals surface area contributed by atoms with E-state index in [1.54, 1.807) is 13.0 Å². The van der Waals surface area contributed by atoms with Gasteiger partial charge in [-0.2, -0.15) is 0 Å². The van der Waals surface area contributed by atoms with E-state index in [2.05, 4.69) is 40.3 Å². The molecule has 1 heterocycles. The summed E-state index contributed by atoms with van der Waals surface area (Å²) in [7, 11) is 1.36. The number of furan rings is 1. The molecule has 1 N–H and O–H groups in total. The number of benzene rings is 1. The van der Waals surface area contributed by atoms with Crippen LogP contribution in [0.5, 0.6) is 0 Å². The van der Waals surface area contributed by atoms with Crippen LogP contribution < -0.4 is 5.32 Å². The van der Waals surface area contributed by atoms with Crippen molar-refractivity contribution in [3.05, 3.63) is 57.5 Å². The zero-order chi connectivity index (χ0) is 15.4. The molecule has 1 aromatic heterocycles. The van der Waals surface area contributed by atoms with E-state index >= 15 is 0 Å². The van der Waals surface area contributed by atoms with Crippen LogP contribution in [-0.2, 0) is 11.3 Å². The summed E-state index contributed by atoms with van der Waals surface area (Å²) < 4.78 is 11.3. The average molecular weight is 352 g/mol. The lowest BCUT2D eigenvalue weighted by molar-refractivity contribution is 0.0599. The van der Waals surface area contributed by atoms with E-state index in [0.29, 0.717) is 17.9 Å². The van der Waals surface area contributed by atoms with E-state index in [9.17, 15) is 4.79 Å². The first kappa shape index (κ1) is 15.8. The van der Waals surface area contributed by atoms with Crippen LogP contribution in [0.1, 0.15) is 40.4 Å². The number of methoxy groups -OCH3 is 1. The van der Waals surface area contributed by atoms with Crippen molar-refractivity contribution in [2.75, 3.05) is 7.11 Å². The number of hydrogen-bond donors (Lipinski definition) is 1. The lowest BCUT2D eigenvalue weighted by atomic mass is 10.1. The number of ether oxygens (including phenoxy) is 1. The van der Waals surface area contributed by atoms with Gasteiger partial charge in [0.15, 0.2) is 0 Å². The lowest BCUT2D eigenvalue weighted by Crippen LogP contribution is -2.17. The summed E-state index contributed by atoms with van der Waals surface area (Å²) >= 11 is 3.47. The summed E-state index contributed by atoms with van der Waals surface area (Å²) in [5, 5.41) is 3.37. The number of nitrogens with one attached hydrogen (secondary N) is 1. The van der Waals surface area contributed by atoms with Gasteiger partial charge >= 0.3 is 5.97 Å². The minimum Gasteiger partial charge on any atom is -0.465 e. The van der Waals surface area contributed by atoms with Gasteiger partial charge in [-0.05, 0) is 37.6 Å². The molecule has 5 heteroatoms. The average Bonchev–Trinajstić information content (AvgIpc) is 2.85. The SMILES string of the molecule is COC(=O)c1cc(CN[C@@H](C)c2cccc(Br)c2)oc1C. The van der Waals surface area contributed by atoms with Crippen molar-refractivity contribution in [1.29, 1.82) is 0 Å². The number of carbonyl (C=O) groups is 1. The maximum Gasteiger partial charge on any atom is 0.341 e. The Morgan fingerprint density at radius 1 is 1.43 bits per heavy atom. The monoisotopic (exact) mass is 351 g/mol. The number of rotatable bonds is 5. The second-order valence-electron chi connectivity index (χ2n) is 4.83. The third-order valence-electron chi connectivity index (χ3n) is 3.31. The molecule has 0 radical (unpaired) electrons. The molecule has 1 atom stereocenters. The Bertz CT molecular complexity index is 636. The van der Waals surface area contributed by atoms with E-state index in [1.807, 2.05) is 12.1 Å². The van der Waals surface area contributed by atoms with E-state index in [1.165, 1.54) is 12.7 Å². The van der Waals surface area contributed by atoms with Crippen LogP contribution in [0.4, 0.5) is 0 Å². The van der Waals surface area contributed by atoms with E-state index < -0.39 is 0 Å². The van der Waals surface area contributed by atoms with Crippen molar-refractivity contribution >= 4 is 21.9 Å². The molecule has 0 unspecified atom stereocenters. The largest absolute Gasteiger partial charge is 0.465 e. The number of esters is 1. The molecule has 0 aliphatic carbocycles. The number of aryl methyl sites for hydroxylation is 1. The quantitative estimate of drug-likeness (QED) is 0.827. The first-order chi connectivity index (χ1) is 10.0. The van der Waals surface area contributed by atoms with Gasteiger partial charge in [0, 0.05) is 10.5 Å². The van der Waals surface area contributed by atoms with E-state index in [0.717, 1.165) is 10.2 Å². The molecule has 0 fully saturated rings. The normalized spacial score (nSPS) is 12.2. The Morgan fingerprint density at radius 3 is 2.86 bits per heavy atom. The Kier molecular flexibility index (Phi) is 5.20. The standard InChI is InChI=1S/C16H18BrNO3/c1-10(12-5-4-6-13(17)7-12)18-9-14-8-15(11(2)21-14)16(19)20-3/h4-8,10,18H,9H2,1-3H3/t10-/m0/s1. The third-order valence-corrected chi connectivity index (χ3v) is 3.80. The van der Waals surface area contributed by atoms with Crippen LogP contribution in [0.2, 0.25) is 0 Å². The van der Waals surface area contributed by atoms with Crippen molar-refractivity contribution in [1.82, 2.24) is 5.32 Å². The minimum absolute atomic E-state index is 0.175. The highest BCUT2D eigenvalue weighted by molar-refractivity contribution is 9.10. The van der Waals surface area contributed by atoms with Crippen molar-refractivity contribution < 1.29 is 13.9 Å². The Labute approximate surface area is 132 Å². The van der Waals surface area contributed by atoms with Gasteiger partial charge in [0.2, 0.25) is 0 Å². The Hall–Kier alpha value is -1.59. The van der Waals surface area contributed by atoms with Gasteiger partial charge in [0.05, 0.1) is 13.7 Å². The fourth-order valence-electron chi connectivity index (χ4n) is 2.09. The van der Waals surface area contributed by atoms with Gasteiger partial charge in [-0.1, -0.05) is 28.1 Å². The Balaban J connectivity index is 2.01. The van der Waals surface area contributed by atoms with Gasteiger partial charge in [0.1, 0.15) is 17.1 Å². The first-order valence-electron chi connectivity index (χ1n) is 6.67. The highest BCUT2D eigenvalue weighted by atomic mass is 79.9. The molecule has 0 aliphatic heterocycles. The van der Waals surface area contributed by atoms with Crippen LogP contribution in [0.15, 0.2) is 39.2 Å². The van der Waals surface area contributed by atoms with Crippen molar-refractivity contribution in [3.63, 3.8) is 0 Å². The molecule has 0 aliphatic rings. The number of halogens is 1. The summed E-state index contributed by atoms with van der Waals surface area (Å²) in [4.78, 5) is 11.5. The maximum atomic E-state index is 11.5. The molecule has 0 spiro atoms. The van der Waals surface area contributed by atoms with Gasteiger partial charge in [-0.25, -0.2) is 4.79 Å². The smallest absolute Gasteiger partial charge is 0.341 e. The van der Waals surface area contributed by atoms with Crippen LogP contribution in [-0.4, -0.2) is 13.1 Å². The molecule has 4 nitrogen and oxygen atoms in total. The third kappa shape index (κ3) is 3.95. The fraction of sp³-hybridized carbons (Fsp3) is 0.312. The van der Waals surface area contributed by atoms with Crippen molar-refractivity contribution in [2.45, 2.75) is 26.4 Å². The molecule has 2 aromatic rings. The molecule has 0 bridgehead atoms. The van der Waals surface area contributed by atoms with Crippen molar-refractivity contribution in [3.8, 4) is 0 Å². The summed E-state index contributed by atoms with van der Waals surface area (Å²) in [6, 6.07) is 10.0. The zero-order valence-electron chi connectivity index (χ0n) is 12.3. The molecule has 2 rings (SSSR count). The van der Waals surface area contributed by atoms with Crippen LogP contribution >= 0.6 is 15.9 Å². The molecule has 112 valence electrons. The molecule has 0 saturated carbocycles. The van der Waals surface area contributed by atoms with Crippen molar-refractivity contribution in [2.24, 2.45) is 0 Å². The summed E-state index contributed by atoms with van der Waals surface area (Å²) in [6.45, 7) is 4.39. The molecule has 0 amide bonds. The lowest BCUT2D eigenvalue weighted by Gasteiger charge is -2.13. The molecular weight excluding hydrogens is 334 g/mol. The minimum atomic E-state index is -0.373. The summed E-state index contributed by atoms with van der Waals surface area (Å²) in [6.07, 6.45) is 0. The molecule has 21 heavy (non-hydrogen) atoms. The number of hydrogen-bond acceptors (Lipinski definition) is 4. The summed E-state index contributed by atoms with van der Waals surface area (Å²) in [5.74, 6) is 0.922. The van der Waals surface area contributed by atoms with Crippen LogP contribution in [0.3, 0.4) is 0 Å². The molecule has 0 saturated heterocycles. The topological polar surface area (TPSA) is 51.5 Å². The predicted molar refractivity (Wildman–Crippen MR) is 84.2 cm³/mol. The fourth-order valence-corrected chi connectivity index (χ4v) is 2.51. The molecule has 1 aromatic carbocycles. The van der Waals surface area contributed by atoms with Crippen LogP contribution in [0.25, 0.3) is 0 Å². The highest BCUT2D eigenvalue weighted by Crippen LogP contribution is 2.20.